The summed E-state index contributed by atoms with van der Waals surface area (Å²) in [6, 6.07) is 22.8. The number of aliphatic hydroxyl groups is 1. The lowest BCUT2D eigenvalue weighted by molar-refractivity contribution is -0.364. The molecule has 3 aromatic carbocycles. The normalized spacial score (nSPS) is 15.6. The first kappa shape index (κ1) is 21.5. The summed E-state index contributed by atoms with van der Waals surface area (Å²) in [7, 11) is 1.56. The SMILES string of the molecule is Cn1c2c(c(=O)[nH]c1=O)C(c1cccc(OC(=O)c3ccccc3)c1)C1=C(O)c3ccccc3C1=[NH+]2. The number of hydrogen-bond acceptors (Lipinski definition) is 5. The monoisotopic (exact) mass is 478 g/mol. The van der Waals surface area contributed by atoms with Crippen molar-refractivity contribution < 1.29 is 19.6 Å². The molecule has 0 radical (unpaired) electrons. The van der Waals surface area contributed by atoms with Crippen molar-refractivity contribution in [2.45, 2.75) is 5.92 Å². The van der Waals surface area contributed by atoms with Gasteiger partial charge in [0, 0.05) is 11.1 Å². The molecule has 4 aromatic rings. The summed E-state index contributed by atoms with van der Waals surface area (Å²) < 4.78 is 6.95. The summed E-state index contributed by atoms with van der Waals surface area (Å²) in [4.78, 5) is 43.8. The van der Waals surface area contributed by atoms with E-state index >= 15 is 0 Å². The van der Waals surface area contributed by atoms with Crippen LogP contribution in [0.1, 0.15) is 38.5 Å². The van der Waals surface area contributed by atoms with Gasteiger partial charge >= 0.3 is 11.7 Å². The highest BCUT2D eigenvalue weighted by Gasteiger charge is 2.44. The molecule has 2 heterocycles. The van der Waals surface area contributed by atoms with Crippen LogP contribution in [0.15, 0.2) is 94.0 Å². The summed E-state index contributed by atoms with van der Waals surface area (Å²) in [6.45, 7) is 0. The molecule has 2 aliphatic rings. The molecular formula is C28H20N3O5+. The Bertz CT molecular complexity index is 1750. The second-order valence-electron chi connectivity index (χ2n) is 8.65. The van der Waals surface area contributed by atoms with E-state index < -0.39 is 23.1 Å². The molecule has 0 spiro atoms. The fraction of sp³-hybridized carbons (Fsp3) is 0.0714. The lowest BCUT2D eigenvalue weighted by atomic mass is 9.81. The maximum Gasteiger partial charge on any atom is 0.415 e. The predicted octanol–water partition coefficient (Wildman–Crippen LogP) is 1.92. The zero-order chi connectivity index (χ0) is 25.0. The summed E-state index contributed by atoms with van der Waals surface area (Å²) in [5.74, 6) is -0.567. The molecule has 0 saturated carbocycles. The van der Waals surface area contributed by atoms with Gasteiger partial charge in [0.1, 0.15) is 22.8 Å². The number of H-pyrrole nitrogens is 1. The number of aliphatic hydroxyl groups excluding tert-OH is 1. The van der Waals surface area contributed by atoms with Gasteiger partial charge in [-0.25, -0.2) is 14.6 Å². The van der Waals surface area contributed by atoms with Crippen molar-refractivity contribution in [2.75, 3.05) is 0 Å². The van der Waals surface area contributed by atoms with E-state index in [0.717, 1.165) is 5.56 Å². The van der Waals surface area contributed by atoms with Crippen molar-refractivity contribution in [1.82, 2.24) is 9.55 Å². The fourth-order valence-electron chi connectivity index (χ4n) is 4.88. The highest BCUT2D eigenvalue weighted by Crippen LogP contribution is 2.43. The van der Waals surface area contributed by atoms with Crippen molar-refractivity contribution in [1.29, 1.82) is 0 Å². The van der Waals surface area contributed by atoms with Crippen molar-refractivity contribution in [2.24, 2.45) is 7.05 Å². The zero-order valence-corrected chi connectivity index (χ0v) is 19.1. The van der Waals surface area contributed by atoms with Gasteiger partial charge in [0.05, 0.1) is 24.1 Å². The number of ether oxygens (including phenoxy) is 1. The summed E-state index contributed by atoms with van der Waals surface area (Å²) in [5.41, 5.74) is 2.71. The fourth-order valence-corrected chi connectivity index (χ4v) is 4.88. The van der Waals surface area contributed by atoms with Crippen molar-refractivity contribution in [3.05, 3.63) is 133 Å². The number of benzene rings is 3. The number of fused-ring (bicyclic) bond motifs is 4. The van der Waals surface area contributed by atoms with Crippen LogP contribution in [-0.4, -0.2) is 26.3 Å². The average Bonchev–Trinajstić information content (AvgIpc) is 3.18. The van der Waals surface area contributed by atoms with Gasteiger partial charge in [-0.05, 0) is 35.9 Å². The Morgan fingerprint density at radius 2 is 1.69 bits per heavy atom. The Kier molecular flexibility index (Phi) is 4.82. The Labute approximate surface area is 204 Å². The number of allylic oxidation sites excluding steroid dienone is 1. The van der Waals surface area contributed by atoms with Gasteiger partial charge in [-0.15, -0.1) is 0 Å². The molecule has 0 amide bonds. The smallest absolute Gasteiger partial charge is 0.415 e. The van der Waals surface area contributed by atoms with E-state index in [1.165, 1.54) is 4.57 Å². The van der Waals surface area contributed by atoms with Crippen LogP contribution in [0.4, 0.5) is 5.82 Å². The predicted molar refractivity (Wildman–Crippen MR) is 133 cm³/mol. The van der Waals surface area contributed by atoms with E-state index in [-0.39, 0.29) is 11.3 Å². The third-order valence-electron chi connectivity index (χ3n) is 6.57. The third kappa shape index (κ3) is 3.23. The van der Waals surface area contributed by atoms with Crippen LogP contribution in [0.5, 0.6) is 5.75 Å². The van der Waals surface area contributed by atoms with Crippen LogP contribution in [-0.2, 0) is 7.05 Å². The number of aromatic nitrogens is 2. The summed E-state index contributed by atoms with van der Waals surface area (Å²) in [5, 5.41) is 11.3. The van der Waals surface area contributed by atoms with Crippen LogP contribution in [0.25, 0.3) is 5.76 Å². The van der Waals surface area contributed by atoms with Crippen molar-refractivity contribution in [3.63, 3.8) is 0 Å². The Hall–Kier alpha value is -4.98. The second-order valence-corrected chi connectivity index (χ2v) is 8.65. The maximum absolute atomic E-state index is 13.1. The summed E-state index contributed by atoms with van der Waals surface area (Å²) >= 11 is 0. The number of carbonyl (C=O) groups is 1. The number of hydrogen-bond donors (Lipinski definition) is 3. The van der Waals surface area contributed by atoms with Gasteiger partial charge in [0.2, 0.25) is 0 Å². The van der Waals surface area contributed by atoms with Crippen LogP contribution >= 0.6 is 0 Å². The van der Waals surface area contributed by atoms with Gasteiger partial charge in [-0.3, -0.25) is 9.78 Å². The summed E-state index contributed by atoms with van der Waals surface area (Å²) in [6.07, 6.45) is 0. The van der Waals surface area contributed by atoms with Gasteiger partial charge < -0.3 is 9.84 Å². The minimum atomic E-state index is -0.727. The van der Waals surface area contributed by atoms with Gasteiger partial charge in [-0.1, -0.05) is 48.5 Å². The first-order chi connectivity index (χ1) is 17.4. The van der Waals surface area contributed by atoms with E-state index in [1.54, 1.807) is 61.6 Å². The standard InChI is InChI=1S/C28H19N3O5/c1-31-25-22(26(33)30-28(31)35)20(21-23(29-25)18-12-5-6-13-19(18)24(21)32)16-10-7-11-17(14-16)36-27(34)15-8-3-2-4-9-15/h2-14,20,32H,1H3,(H,30,33,35)/p+1. The van der Waals surface area contributed by atoms with Crippen LogP contribution < -0.4 is 21.0 Å². The topological polar surface area (TPSA) is 115 Å². The Morgan fingerprint density at radius 3 is 2.47 bits per heavy atom. The number of esters is 1. The molecule has 1 aliphatic carbocycles. The molecule has 3 N–H and O–H groups in total. The molecule has 8 nitrogen and oxygen atoms in total. The molecule has 6 rings (SSSR count). The lowest BCUT2D eigenvalue weighted by Gasteiger charge is -2.23. The third-order valence-corrected chi connectivity index (χ3v) is 6.57. The first-order valence-corrected chi connectivity index (χ1v) is 11.3. The Morgan fingerprint density at radius 1 is 0.972 bits per heavy atom. The quantitative estimate of drug-likeness (QED) is 0.307. The molecule has 0 bridgehead atoms. The molecule has 176 valence electrons. The Balaban J connectivity index is 1.54. The highest BCUT2D eigenvalue weighted by molar-refractivity contribution is 6.21. The van der Waals surface area contributed by atoms with Crippen molar-refractivity contribution >= 4 is 23.3 Å². The number of nitrogens with zero attached hydrogens (tertiary/aromatic N) is 1. The van der Waals surface area contributed by atoms with E-state index in [9.17, 15) is 19.5 Å². The average molecular weight is 478 g/mol. The van der Waals surface area contributed by atoms with Crippen LogP contribution in [0.2, 0.25) is 0 Å². The molecule has 8 heteroatoms. The first-order valence-electron chi connectivity index (χ1n) is 11.3. The van der Waals surface area contributed by atoms with E-state index in [1.807, 2.05) is 24.3 Å². The molecular weight excluding hydrogens is 458 g/mol. The van der Waals surface area contributed by atoms with Gasteiger partial charge in [-0.2, -0.15) is 4.57 Å². The van der Waals surface area contributed by atoms with Crippen LogP contribution in [0.3, 0.4) is 0 Å². The molecule has 1 aromatic heterocycles. The van der Waals surface area contributed by atoms with Gasteiger partial charge in [0.15, 0.2) is 0 Å². The second kappa shape index (κ2) is 8.06. The van der Waals surface area contributed by atoms with E-state index in [4.69, 9.17) is 4.74 Å². The number of rotatable bonds is 3. The lowest BCUT2D eigenvalue weighted by Crippen LogP contribution is -2.72. The van der Waals surface area contributed by atoms with E-state index in [0.29, 0.717) is 39.5 Å². The van der Waals surface area contributed by atoms with Gasteiger partial charge in [0.25, 0.3) is 11.4 Å². The number of nitrogens with one attached hydrogen (secondary N) is 2. The van der Waals surface area contributed by atoms with E-state index in [2.05, 4.69) is 9.98 Å². The maximum atomic E-state index is 13.1. The largest absolute Gasteiger partial charge is 0.507 e. The number of carbonyl (C=O) groups excluding carboxylic acids is 1. The molecule has 1 aliphatic heterocycles. The minimum absolute atomic E-state index is 0.0451. The minimum Gasteiger partial charge on any atom is -0.507 e. The number of aromatic amines is 1. The molecule has 1 unspecified atom stereocenters. The van der Waals surface area contributed by atoms with Crippen LogP contribution in [0, 0.1) is 0 Å². The highest BCUT2D eigenvalue weighted by atomic mass is 16.5. The molecule has 36 heavy (non-hydrogen) atoms. The molecule has 0 saturated heterocycles. The molecule has 1 atom stereocenters. The molecule has 0 fully saturated rings. The van der Waals surface area contributed by atoms with Crippen molar-refractivity contribution in [3.8, 4) is 5.75 Å². The zero-order valence-electron chi connectivity index (χ0n) is 19.1.